The number of nitrogens with zero attached hydrogens (tertiary/aromatic N) is 2. The predicted molar refractivity (Wildman–Crippen MR) is 133 cm³/mol. The van der Waals surface area contributed by atoms with Crippen molar-refractivity contribution in [1.82, 2.24) is 15.2 Å². The summed E-state index contributed by atoms with van der Waals surface area (Å²) < 4.78 is 0. The van der Waals surface area contributed by atoms with Gasteiger partial charge in [0, 0.05) is 25.7 Å². The molecule has 0 unspecified atom stereocenters. The summed E-state index contributed by atoms with van der Waals surface area (Å²) >= 11 is 0. The maximum Gasteiger partial charge on any atom is 0.317 e. The van der Waals surface area contributed by atoms with Crippen molar-refractivity contribution in [2.24, 2.45) is 0 Å². The molecule has 0 radical (unpaired) electrons. The second kappa shape index (κ2) is 11.1. The Labute approximate surface area is 195 Å². The van der Waals surface area contributed by atoms with Gasteiger partial charge in [0.05, 0.1) is 5.69 Å². The Bertz CT molecular complexity index is 1040. The van der Waals surface area contributed by atoms with Gasteiger partial charge in [-0.15, -0.1) is 0 Å². The molecule has 0 aliphatic heterocycles. The van der Waals surface area contributed by atoms with Gasteiger partial charge in [0.2, 0.25) is 0 Å². The normalized spacial score (nSPS) is 11.7. The number of rotatable bonds is 8. The molecule has 0 spiro atoms. The van der Waals surface area contributed by atoms with E-state index in [0.29, 0.717) is 6.54 Å². The average molecular weight is 436 g/mol. The summed E-state index contributed by atoms with van der Waals surface area (Å²) in [5, 5.41) is 3.13. The number of hydrogen-bond acceptors (Lipinski definition) is 2. The summed E-state index contributed by atoms with van der Waals surface area (Å²) in [6.45, 7) is 0.571. The minimum atomic E-state index is -0.258. The number of hydrogen-bond donors (Lipinski definition) is 1. The molecule has 3 aromatic carbocycles. The van der Waals surface area contributed by atoms with Crippen molar-refractivity contribution in [2.45, 2.75) is 18.4 Å². The van der Waals surface area contributed by atoms with E-state index in [0.717, 1.165) is 17.7 Å². The second-order valence-corrected chi connectivity index (χ2v) is 8.07. The Kier molecular flexibility index (Phi) is 7.49. The van der Waals surface area contributed by atoms with Crippen LogP contribution in [0.3, 0.4) is 0 Å². The molecule has 4 aromatic rings. The van der Waals surface area contributed by atoms with E-state index in [2.05, 4.69) is 58.8 Å². The Morgan fingerprint density at radius 2 is 1.27 bits per heavy atom. The molecule has 4 nitrogen and oxygen atoms in total. The zero-order valence-corrected chi connectivity index (χ0v) is 18.8. The highest BCUT2D eigenvalue weighted by Gasteiger charge is 2.24. The first-order valence-corrected chi connectivity index (χ1v) is 11.3. The van der Waals surface area contributed by atoms with Gasteiger partial charge in [-0.1, -0.05) is 97.1 Å². The lowest BCUT2D eigenvalue weighted by Gasteiger charge is -2.29. The van der Waals surface area contributed by atoms with Gasteiger partial charge >= 0.3 is 6.03 Å². The molecule has 0 bridgehead atoms. The fourth-order valence-electron chi connectivity index (χ4n) is 4.23. The van der Waals surface area contributed by atoms with E-state index in [1.807, 2.05) is 67.7 Å². The molecule has 166 valence electrons. The first-order valence-electron chi connectivity index (χ1n) is 11.3. The lowest BCUT2D eigenvalue weighted by molar-refractivity contribution is 0.197. The lowest BCUT2D eigenvalue weighted by atomic mass is 9.88. The summed E-state index contributed by atoms with van der Waals surface area (Å²) in [4.78, 5) is 19.4. The molecule has 1 N–H and O–H groups in total. The summed E-state index contributed by atoms with van der Waals surface area (Å²) in [5.74, 6) is 0.221. The van der Waals surface area contributed by atoms with Crippen molar-refractivity contribution in [3.63, 3.8) is 0 Å². The second-order valence-electron chi connectivity index (χ2n) is 8.07. The van der Waals surface area contributed by atoms with Crippen LogP contribution in [0.2, 0.25) is 0 Å². The van der Waals surface area contributed by atoms with E-state index in [-0.39, 0.29) is 18.0 Å². The zero-order chi connectivity index (χ0) is 22.9. The number of carbonyl (C=O) groups is 1. The van der Waals surface area contributed by atoms with Gasteiger partial charge < -0.3 is 10.2 Å². The maximum atomic E-state index is 13.2. The molecule has 0 aliphatic rings. The molecular formula is C29H29N3O. The van der Waals surface area contributed by atoms with Crippen molar-refractivity contribution in [3.05, 3.63) is 138 Å². The Hall–Kier alpha value is -3.92. The van der Waals surface area contributed by atoms with Crippen molar-refractivity contribution >= 4 is 6.03 Å². The van der Waals surface area contributed by atoms with Crippen LogP contribution in [0.4, 0.5) is 4.79 Å². The van der Waals surface area contributed by atoms with Crippen LogP contribution in [-0.2, 0) is 0 Å². The molecule has 1 atom stereocenters. The number of carbonyl (C=O) groups excluding carboxylic acids is 1. The van der Waals surface area contributed by atoms with Crippen LogP contribution in [0.25, 0.3) is 0 Å². The topological polar surface area (TPSA) is 45.2 Å². The number of benzene rings is 3. The first kappa shape index (κ1) is 22.3. The Morgan fingerprint density at radius 1 is 0.758 bits per heavy atom. The van der Waals surface area contributed by atoms with Gasteiger partial charge in [0.15, 0.2) is 0 Å². The third kappa shape index (κ3) is 5.66. The third-order valence-corrected chi connectivity index (χ3v) is 5.90. The largest absolute Gasteiger partial charge is 0.338 e. The molecule has 4 heteroatoms. The fourth-order valence-corrected chi connectivity index (χ4v) is 4.23. The Balaban J connectivity index is 1.47. The van der Waals surface area contributed by atoms with E-state index in [9.17, 15) is 4.79 Å². The summed E-state index contributed by atoms with van der Waals surface area (Å²) in [6, 6.07) is 36.4. The molecule has 1 heterocycles. The molecular weight excluding hydrogens is 406 g/mol. The van der Waals surface area contributed by atoms with Crippen LogP contribution >= 0.6 is 0 Å². The summed E-state index contributed by atoms with van der Waals surface area (Å²) in [6.07, 6.45) is 2.58. The van der Waals surface area contributed by atoms with Crippen molar-refractivity contribution < 1.29 is 4.79 Å². The highest BCUT2D eigenvalue weighted by Crippen LogP contribution is 2.28. The monoisotopic (exact) mass is 435 g/mol. The molecule has 0 fully saturated rings. The number of aromatic nitrogens is 1. The standard InChI is InChI=1S/C29H29N3O/c1-32(28(25-17-9-4-10-18-25)27-19-11-12-21-30-27)29(33)31-22-20-26(23-13-5-2-6-14-23)24-15-7-3-8-16-24/h2-19,21,26,28H,20,22H2,1H3,(H,31,33)/t28-/m1/s1. The molecule has 1 aromatic heterocycles. The highest BCUT2D eigenvalue weighted by atomic mass is 16.2. The van der Waals surface area contributed by atoms with Gasteiger partial charge in [-0.05, 0) is 35.2 Å². The van der Waals surface area contributed by atoms with Gasteiger partial charge in [0.1, 0.15) is 6.04 Å². The van der Waals surface area contributed by atoms with Crippen molar-refractivity contribution in [3.8, 4) is 0 Å². The quantitative estimate of drug-likeness (QED) is 0.367. The molecule has 0 aliphatic carbocycles. The van der Waals surface area contributed by atoms with E-state index in [1.165, 1.54) is 11.1 Å². The van der Waals surface area contributed by atoms with E-state index < -0.39 is 0 Å². The lowest BCUT2D eigenvalue weighted by Crippen LogP contribution is -2.41. The van der Waals surface area contributed by atoms with Crippen molar-refractivity contribution in [2.75, 3.05) is 13.6 Å². The van der Waals surface area contributed by atoms with Crippen LogP contribution in [-0.4, -0.2) is 29.5 Å². The van der Waals surface area contributed by atoms with E-state index in [1.54, 1.807) is 11.1 Å². The number of nitrogens with one attached hydrogen (secondary N) is 1. The van der Waals surface area contributed by atoms with Crippen LogP contribution < -0.4 is 5.32 Å². The molecule has 4 rings (SSSR count). The molecule has 33 heavy (non-hydrogen) atoms. The van der Waals surface area contributed by atoms with Gasteiger partial charge in [-0.25, -0.2) is 4.79 Å². The van der Waals surface area contributed by atoms with Gasteiger partial charge in [-0.3, -0.25) is 4.98 Å². The molecule has 0 saturated carbocycles. The van der Waals surface area contributed by atoms with Crippen LogP contribution in [0.15, 0.2) is 115 Å². The van der Waals surface area contributed by atoms with Crippen molar-refractivity contribution in [1.29, 1.82) is 0 Å². The fraction of sp³-hybridized carbons (Fsp3) is 0.172. The minimum absolute atomic E-state index is 0.116. The Morgan fingerprint density at radius 3 is 1.79 bits per heavy atom. The van der Waals surface area contributed by atoms with Gasteiger partial charge in [-0.2, -0.15) is 0 Å². The smallest absolute Gasteiger partial charge is 0.317 e. The first-order chi connectivity index (χ1) is 16.2. The zero-order valence-electron chi connectivity index (χ0n) is 18.8. The molecule has 2 amide bonds. The number of pyridine rings is 1. The highest BCUT2D eigenvalue weighted by molar-refractivity contribution is 5.75. The van der Waals surface area contributed by atoms with E-state index in [4.69, 9.17) is 0 Å². The molecule has 0 saturated heterocycles. The summed E-state index contributed by atoms with van der Waals surface area (Å²) in [5.41, 5.74) is 4.37. The summed E-state index contributed by atoms with van der Waals surface area (Å²) in [7, 11) is 1.83. The maximum absolute atomic E-state index is 13.2. The number of urea groups is 1. The SMILES string of the molecule is CN(C(=O)NCCC(c1ccccc1)c1ccccc1)[C@H](c1ccccc1)c1ccccn1. The third-order valence-electron chi connectivity index (χ3n) is 5.90. The van der Waals surface area contributed by atoms with Crippen LogP contribution in [0.1, 0.15) is 40.8 Å². The number of amides is 2. The van der Waals surface area contributed by atoms with Gasteiger partial charge in [0.25, 0.3) is 0 Å². The van der Waals surface area contributed by atoms with Crippen LogP contribution in [0.5, 0.6) is 0 Å². The van der Waals surface area contributed by atoms with Crippen LogP contribution in [0, 0.1) is 0 Å². The van der Waals surface area contributed by atoms with E-state index >= 15 is 0 Å². The predicted octanol–water partition coefficient (Wildman–Crippen LogP) is 6.03. The average Bonchev–Trinajstić information content (AvgIpc) is 2.89. The minimum Gasteiger partial charge on any atom is -0.338 e.